The van der Waals surface area contributed by atoms with Crippen molar-refractivity contribution in [3.63, 3.8) is 0 Å². The van der Waals surface area contributed by atoms with Crippen molar-refractivity contribution >= 4 is 34.4 Å². The zero-order valence-corrected chi connectivity index (χ0v) is 19.0. The lowest BCUT2D eigenvalue weighted by atomic mass is 9.96. The van der Waals surface area contributed by atoms with E-state index in [-0.39, 0.29) is 11.4 Å². The van der Waals surface area contributed by atoms with Gasteiger partial charge < -0.3 is 25.4 Å². The molecule has 0 bridgehead atoms. The number of fused-ring (bicyclic) bond motifs is 3. The Morgan fingerprint density at radius 3 is 2.66 bits per heavy atom. The minimum absolute atomic E-state index is 0.0720. The first-order valence-corrected chi connectivity index (χ1v) is 11.3. The summed E-state index contributed by atoms with van der Waals surface area (Å²) in [6.07, 6.45) is 4.53. The zero-order chi connectivity index (χ0) is 22.5. The maximum absolute atomic E-state index is 12.4. The molecule has 9 nitrogen and oxygen atoms in total. The van der Waals surface area contributed by atoms with Crippen molar-refractivity contribution in [2.24, 2.45) is 0 Å². The zero-order valence-electron chi connectivity index (χ0n) is 19.0. The van der Waals surface area contributed by atoms with E-state index in [0.717, 1.165) is 36.2 Å². The van der Waals surface area contributed by atoms with E-state index in [2.05, 4.69) is 69.1 Å². The van der Waals surface area contributed by atoms with Gasteiger partial charge in [0, 0.05) is 43.3 Å². The van der Waals surface area contributed by atoms with Gasteiger partial charge in [0.15, 0.2) is 0 Å². The van der Waals surface area contributed by atoms with Crippen LogP contribution in [0.5, 0.6) is 0 Å². The van der Waals surface area contributed by atoms with Crippen molar-refractivity contribution in [3.05, 3.63) is 36.3 Å². The molecular formula is C23H30N8O. The molecule has 168 valence electrons. The molecule has 1 amide bonds. The molecule has 5 heterocycles. The van der Waals surface area contributed by atoms with Gasteiger partial charge in [-0.2, -0.15) is 4.98 Å². The Kier molecular flexibility index (Phi) is 5.00. The summed E-state index contributed by atoms with van der Waals surface area (Å²) in [4.78, 5) is 28.6. The monoisotopic (exact) mass is 434 g/mol. The minimum Gasteiger partial charge on any atom is -0.367 e. The van der Waals surface area contributed by atoms with Crippen LogP contribution in [-0.2, 0) is 5.54 Å². The SMILES string of the molecule is CCC1(C)CNC(=O)c2cc3cnc(Nc4ccc(N5CC(C)NC(C)C5)cn4)nc3n21. The molecule has 9 heteroatoms. The van der Waals surface area contributed by atoms with Gasteiger partial charge in [-0.05, 0) is 45.4 Å². The third kappa shape index (κ3) is 3.56. The molecule has 5 rings (SSSR count). The van der Waals surface area contributed by atoms with Crippen LogP contribution in [0.25, 0.3) is 11.0 Å². The highest BCUT2D eigenvalue weighted by molar-refractivity contribution is 5.99. The molecule has 32 heavy (non-hydrogen) atoms. The third-order valence-corrected chi connectivity index (χ3v) is 6.62. The molecule has 3 aromatic heterocycles. The lowest BCUT2D eigenvalue weighted by Gasteiger charge is -2.37. The van der Waals surface area contributed by atoms with E-state index >= 15 is 0 Å². The Morgan fingerprint density at radius 2 is 1.97 bits per heavy atom. The summed E-state index contributed by atoms with van der Waals surface area (Å²) in [5.41, 5.74) is 2.27. The van der Waals surface area contributed by atoms with Gasteiger partial charge in [-0.3, -0.25) is 4.79 Å². The van der Waals surface area contributed by atoms with E-state index < -0.39 is 0 Å². The fourth-order valence-corrected chi connectivity index (χ4v) is 4.79. The minimum atomic E-state index is -0.228. The van der Waals surface area contributed by atoms with Crippen molar-refractivity contribution in [1.29, 1.82) is 0 Å². The molecule has 0 saturated carbocycles. The number of hydrogen-bond donors (Lipinski definition) is 3. The lowest BCUT2D eigenvalue weighted by molar-refractivity contribution is 0.0880. The van der Waals surface area contributed by atoms with Gasteiger partial charge in [0.05, 0.1) is 17.4 Å². The summed E-state index contributed by atoms with van der Waals surface area (Å²) in [6, 6.07) is 6.79. The molecule has 3 aromatic rings. The molecule has 0 radical (unpaired) electrons. The van der Waals surface area contributed by atoms with Crippen LogP contribution in [0, 0.1) is 0 Å². The summed E-state index contributed by atoms with van der Waals surface area (Å²) < 4.78 is 2.05. The number of hydrogen-bond acceptors (Lipinski definition) is 7. The molecule has 2 aliphatic heterocycles. The van der Waals surface area contributed by atoms with E-state index in [4.69, 9.17) is 4.98 Å². The molecule has 1 saturated heterocycles. The predicted molar refractivity (Wildman–Crippen MR) is 126 cm³/mol. The van der Waals surface area contributed by atoms with Crippen LogP contribution < -0.4 is 20.9 Å². The van der Waals surface area contributed by atoms with E-state index in [1.807, 2.05) is 18.3 Å². The average Bonchev–Trinajstić information content (AvgIpc) is 3.17. The Morgan fingerprint density at radius 1 is 1.19 bits per heavy atom. The number of piperazine rings is 1. The fourth-order valence-electron chi connectivity index (χ4n) is 4.79. The number of anilines is 3. The summed E-state index contributed by atoms with van der Waals surface area (Å²) in [6.45, 7) is 11.2. The molecular weight excluding hydrogens is 404 g/mol. The van der Waals surface area contributed by atoms with Crippen LogP contribution in [0.2, 0.25) is 0 Å². The van der Waals surface area contributed by atoms with Gasteiger partial charge in [-0.25, -0.2) is 9.97 Å². The van der Waals surface area contributed by atoms with Crippen molar-refractivity contribution in [2.45, 2.75) is 51.7 Å². The molecule has 0 aromatic carbocycles. The number of carbonyl (C=O) groups excluding carboxylic acids is 1. The number of nitrogens with zero attached hydrogens (tertiary/aromatic N) is 5. The Bertz CT molecular complexity index is 1150. The molecule has 2 aliphatic rings. The largest absolute Gasteiger partial charge is 0.367 e. The summed E-state index contributed by atoms with van der Waals surface area (Å²) in [5.74, 6) is 1.08. The highest BCUT2D eigenvalue weighted by Crippen LogP contribution is 2.32. The predicted octanol–water partition coefficient (Wildman–Crippen LogP) is 2.63. The Hall–Kier alpha value is -3.20. The number of pyridine rings is 1. The van der Waals surface area contributed by atoms with Gasteiger partial charge >= 0.3 is 0 Å². The topological polar surface area (TPSA) is 100 Å². The fraction of sp³-hybridized carbons (Fsp3) is 0.478. The maximum atomic E-state index is 12.4. The van der Waals surface area contributed by atoms with Crippen molar-refractivity contribution in [1.82, 2.24) is 30.2 Å². The van der Waals surface area contributed by atoms with E-state index in [1.165, 1.54) is 0 Å². The average molecular weight is 435 g/mol. The number of amides is 1. The molecule has 0 spiro atoms. The first kappa shape index (κ1) is 20.7. The smallest absolute Gasteiger partial charge is 0.268 e. The second-order valence-corrected chi connectivity index (χ2v) is 9.27. The normalized spacial score (nSPS) is 25.5. The van der Waals surface area contributed by atoms with Crippen LogP contribution in [-0.4, -0.2) is 57.1 Å². The third-order valence-electron chi connectivity index (χ3n) is 6.62. The van der Waals surface area contributed by atoms with Crippen molar-refractivity contribution < 1.29 is 4.79 Å². The molecule has 3 atom stereocenters. The Labute approximate surface area is 187 Å². The van der Waals surface area contributed by atoms with Crippen LogP contribution in [0.4, 0.5) is 17.5 Å². The standard InChI is InChI=1S/C23H30N8O/c1-5-23(4)13-26-21(32)18-8-16-9-25-22(29-20(16)31(18)23)28-19-7-6-17(10-24-19)30-11-14(2)27-15(3)12-30/h6-10,14-15,27H,5,11-13H2,1-4H3,(H,26,32)(H,24,25,28,29). The first-order valence-electron chi connectivity index (χ1n) is 11.3. The molecule has 1 fully saturated rings. The van der Waals surface area contributed by atoms with Gasteiger partial charge in [-0.1, -0.05) is 6.92 Å². The summed E-state index contributed by atoms with van der Waals surface area (Å²) in [5, 5.41) is 10.6. The molecule has 3 unspecified atom stereocenters. The van der Waals surface area contributed by atoms with E-state index in [0.29, 0.717) is 36.1 Å². The first-order chi connectivity index (χ1) is 15.4. The quantitative estimate of drug-likeness (QED) is 0.580. The molecule has 3 N–H and O–H groups in total. The van der Waals surface area contributed by atoms with Crippen LogP contribution >= 0.6 is 0 Å². The van der Waals surface area contributed by atoms with E-state index in [9.17, 15) is 4.79 Å². The highest BCUT2D eigenvalue weighted by atomic mass is 16.2. The summed E-state index contributed by atoms with van der Waals surface area (Å²) >= 11 is 0. The second-order valence-electron chi connectivity index (χ2n) is 9.27. The number of nitrogens with one attached hydrogen (secondary N) is 3. The van der Waals surface area contributed by atoms with Gasteiger partial charge in [0.25, 0.3) is 5.91 Å². The van der Waals surface area contributed by atoms with Crippen molar-refractivity contribution in [3.8, 4) is 0 Å². The summed E-state index contributed by atoms with van der Waals surface area (Å²) in [7, 11) is 0. The number of carbonyl (C=O) groups is 1. The maximum Gasteiger partial charge on any atom is 0.268 e. The van der Waals surface area contributed by atoms with Gasteiger partial charge in [0.2, 0.25) is 5.95 Å². The Balaban J connectivity index is 1.41. The van der Waals surface area contributed by atoms with Crippen molar-refractivity contribution in [2.75, 3.05) is 29.9 Å². The van der Waals surface area contributed by atoms with E-state index in [1.54, 1.807) is 6.20 Å². The number of rotatable bonds is 4. The lowest BCUT2D eigenvalue weighted by Crippen LogP contribution is -2.54. The number of aromatic nitrogens is 4. The van der Waals surface area contributed by atoms with Gasteiger partial charge in [0.1, 0.15) is 17.2 Å². The van der Waals surface area contributed by atoms with Gasteiger partial charge in [-0.15, -0.1) is 0 Å². The molecule has 0 aliphatic carbocycles. The van der Waals surface area contributed by atoms with Crippen LogP contribution in [0.15, 0.2) is 30.6 Å². The highest BCUT2D eigenvalue weighted by Gasteiger charge is 2.35. The van der Waals surface area contributed by atoms with Crippen LogP contribution in [0.3, 0.4) is 0 Å². The van der Waals surface area contributed by atoms with Crippen LogP contribution in [0.1, 0.15) is 44.6 Å². The second kappa shape index (κ2) is 7.74.